The predicted octanol–water partition coefficient (Wildman–Crippen LogP) is 6.70. The summed E-state index contributed by atoms with van der Waals surface area (Å²) >= 11 is 2.22. The van der Waals surface area contributed by atoms with Crippen LogP contribution in [0.15, 0.2) is 24.3 Å². The Balaban J connectivity index is 0.00000211. The van der Waals surface area contributed by atoms with Crippen LogP contribution in [0.25, 0.3) is 0 Å². The zero-order valence-corrected chi connectivity index (χ0v) is 18.9. The molecule has 0 aliphatic carbocycles. The van der Waals surface area contributed by atoms with E-state index < -0.39 is 7.26 Å². The molecule has 0 bridgehead atoms. The van der Waals surface area contributed by atoms with Crippen LogP contribution in [-0.2, 0) is 23.6 Å². The summed E-state index contributed by atoms with van der Waals surface area (Å²) in [5.74, 6) is 0. The second-order valence-corrected chi connectivity index (χ2v) is 13.8. The molecule has 1 aromatic rings. The van der Waals surface area contributed by atoms with E-state index in [0.29, 0.717) is 0 Å². The van der Waals surface area contributed by atoms with Crippen LogP contribution in [0.2, 0.25) is 0 Å². The molecule has 0 radical (unpaired) electrons. The minimum absolute atomic E-state index is 0.213. The molecule has 22 heavy (non-hydrogen) atoms. The van der Waals surface area contributed by atoms with Crippen molar-refractivity contribution in [3.8, 4) is 0 Å². The van der Waals surface area contributed by atoms with Gasteiger partial charge in [0.25, 0.3) is 0 Å². The van der Waals surface area contributed by atoms with Crippen molar-refractivity contribution in [3.05, 3.63) is 36.5 Å². The van der Waals surface area contributed by atoms with Gasteiger partial charge in [0.1, 0.15) is 0 Å². The van der Waals surface area contributed by atoms with E-state index in [1.165, 1.54) is 10.9 Å². The van der Waals surface area contributed by atoms with Crippen molar-refractivity contribution in [2.75, 3.05) is 0 Å². The molecule has 0 saturated heterocycles. The Morgan fingerprint density at radius 2 is 1.09 bits per heavy atom. The van der Waals surface area contributed by atoms with E-state index in [9.17, 15) is 0 Å². The Bertz CT molecular complexity index is 444. The monoisotopic (exact) mass is 433 g/mol. The fourth-order valence-corrected chi connectivity index (χ4v) is 7.22. The molecule has 1 aromatic carbocycles. The third kappa shape index (κ3) is 4.80. The first-order valence-electron chi connectivity index (χ1n) is 7.68. The van der Waals surface area contributed by atoms with Crippen molar-refractivity contribution in [3.63, 3.8) is 0 Å². The summed E-state index contributed by atoms with van der Waals surface area (Å²) < 4.78 is 0. The van der Waals surface area contributed by atoms with E-state index >= 15 is 0 Å². The quantitative estimate of drug-likeness (QED) is 0.262. The van der Waals surface area contributed by atoms with Gasteiger partial charge in [-0.15, -0.1) is 0 Å². The van der Waals surface area contributed by atoms with Crippen molar-refractivity contribution < 1.29 is 18.2 Å². The first-order valence-corrected chi connectivity index (χ1v) is 11.7. The Labute approximate surface area is 154 Å². The van der Waals surface area contributed by atoms with Gasteiger partial charge < -0.3 is 0 Å². The standard InChI is InChI=1S/C19H33P.ClH.Pd/c1-17(2,3)15-11-13-16(14-12-15)20(10,18(4,5)6)19(7,8)9;;/h11-14H,10H2,1-9H3;1H;/q;;+2/p-1. The molecular formula is C19H33ClPPd+. The van der Waals surface area contributed by atoms with E-state index in [1.54, 1.807) is 0 Å². The molecule has 0 fully saturated rings. The van der Waals surface area contributed by atoms with Crippen LogP contribution in [0.3, 0.4) is 0 Å². The zero-order chi connectivity index (χ0) is 18.0. The van der Waals surface area contributed by atoms with Gasteiger partial charge >= 0.3 is 27.7 Å². The van der Waals surface area contributed by atoms with Gasteiger partial charge in [0.2, 0.25) is 0 Å². The molecule has 0 aromatic heterocycles. The van der Waals surface area contributed by atoms with E-state index in [4.69, 9.17) is 6.66 Å². The van der Waals surface area contributed by atoms with Gasteiger partial charge in [0.15, 0.2) is 0 Å². The van der Waals surface area contributed by atoms with Crippen LogP contribution in [0.5, 0.6) is 0 Å². The van der Waals surface area contributed by atoms with Gasteiger partial charge in [-0.1, -0.05) is 40.2 Å². The fraction of sp³-hybridized carbons (Fsp3) is 0.632. The number of halogens is 1. The van der Waals surface area contributed by atoms with Gasteiger partial charge in [0.05, 0.1) is 15.6 Å². The van der Waals surface area contributed by atoms with E-state index in [1.807, 2.05) is 0 Å². The summed E-state index contributed by atoms with van der Waals surface area (Å²) in [6.07, 6.45) is 0. The molecule has 1 rings (SSSR count). The first-order chi connectivity index (χ1) is 9.71. The zero-order valence-electron chi connectivity index (χ0n) is 15.7. The molecule has 0 heterocycles. The van der Waals surface area contributed by atoms with E-state index in [-0.39, 0.29) is 15.7 Å². The van der Waals surface area contributed by atoms with Crippen molar-refractivity contribution in [2.45, 2.75) is 78.0 Å². The summed E-state index contributed by atoms with van der Waals surface area (Å²) in [6.45, 7) is 25.6. The first kappa shape index (κ1) is 22.6. The summed E-state index contributed by atoms with van der Waals surface area (Å²) in [4.78, 5) is 0. The van der Waals surface area contributed by atoms with Crippen molar-refractivity contribution in [1.29, 1.82) is 0 Å². The second kappa shape index (κ2) is 7.66. The Morgan fingerprint density at radius 1 is 0.773 bits per heavy atom. The van der Waals surface area contributed by atoms with Gasteiger partial charge in [-0.25, -0.2) is 0 Å². The molecule has 0 atom stereocenters. The minimum atomic E-state index is -1.51. The van der Waals surface area contributed by atoms with Gasteiger partial charge in [-0.3, -0.25) is 0 Å². The molecule has 0 unspecified atom stereocenters. The van der Waals surface area contributed by atoms with Gasteiger partial charge in [-0.05, 0) is 64.7 Å². The Hall–Kier alpha value is 0.602. The van der Waals surface area contributed by atoms with Crippen LogP contribution < -0.4 is 5.30 Å². The maximum atomic E-state index is 4.79. The Kier molecular flexibility index (Phi) is 7.87. The summed E-state index contributed by atoms with van der Waals surface area (Å²) in [5, 5.41) is 1.88. The number of rotatable bonds is 1. The molecule has 0 N–H and O–H groups in total. The van der Waals surface area contributed by atoms with Crippen LogP contribution in [0.1, 0.15) is 67.9 Å². The van der Waals surface area contributed by atoms with Gasteiger partial charge in [0, 0.05) is 0 Å². The molecule has 0 amide bonds. The van der Waals surface area contributed by atoms with Crippen molar-refractivity contribution in [1.82, 2.24) is 0 Å². The Morgan fingerprint density at radius 3 is 1.32 bits per heavy atom. The maximum absolute atomic E-state index is 4.79. The van der Waals surface area contributed by atoms with Crippen molar-refractivity contribution in [2.24, 2.45) is 0 Å². The van der Waals surface area contributed by atoms with E-state index in [2.05, 4.69) is 114 Å². The molecule has 0 aliphatic rings. The fourth-order valence-electron chi connectivity index (χ4n) is 3.00. The molecule has 0 nitrogen and oxygen atoms in total. The number of hydrogen-bond acceptors (Lipinski definition) is 0. The van der Waals surface area contributed by atoms with Crippen LogP contribution in [0.4, 0.5) is 0 Å². The summed E-state index contributed by atoms with van der Waals surface area (Å²) in [5.41, 5.74) is 1.61. The van der Waals surface area contributed by atoms with Crippen LogP contribution in [0, 0.1) is 6.66 Å². The van der Waals surface area contributed by atoms with Crippen LogP contribution >= 0.6 is 16.8 Å². The molecule has 0 aliphatic heterocycles. The average molecular weight is 434 g/mol. The third-order valence-electron chi connectivity index (χ3n) is 4.46. The number of hydrogen-bond donors (Lipinski definition) is 0. The molecular weight excluding hydrogens is 401 g/mol. The summed E-state index contributed by atoms with van der Waals surface area (Å²) in [7, 11) is 2.98. The molecule has 0 spiro atoms. The van der Waals surface area contributed by atoms with E-state index in [0.717, 1.165) is 0 Å². The van der Waals surface area contributed by atoms with Crippen LogP contribution in [-0.4, -0.2) is 10.3 Å². The SMILES string of the molecule is [CH2-][P+](c1ccc(C(C)(C)C)cc1)(C(C)(C)C)C(C)(C)C.[Cl][Pd+]. The summed E-state index contributed by atoms with van der Waals surface area (Å²) in [6, 6.07) is 9.26. The average Bonchev–Trinajstić information content (AvgIpc) is 2.36. The molecule has 3 heteroatoms. The van der Waals surface area contributed by atoms with Crippen molar-refractivity contribution >= 4 is 22.1 Å². The van der Waals surface area contributed by atoms with Gasteiger partial charge in [-0.2, -0.15) is 6.66 Å². The molecule has 0 saturated carbocycles. The topological polar surface area (TPSA) is 0 Å². The second-order valence-electron chi connectivity index (χ2n) is 8.95. The normalized spacial score (nSPS) is 13.5. The predicted molar refractivity (Wildman–Crippen MR) is 102 cm³/mol. The number of benzene rings is 1. The molecule has 130 valence electrons. The third-order valence-corrected chi connectivity index (χ3v) is 10.2.